The zero-order valence-corrected chi connectivity index (χ0v) is 8.90. The molecule has 1 rings (SSSR count). The molecule has 3 N–H and O–H groups in total. The number of nitrogens with two attached hydrogens (primary N) is 1. The number of carbonyl (C=O) groups excluding carboxylic acids is 1. The van der Waals surface area contributed by atoms with Gasteiger partial charge in [-0.05, 0) is 19.3 Å². The lowest BCUT2D eigenvalue weighted by atomic mass is 10.3. The summed E-state index contributed by atoms with van der Waals surface area (Å²) in [5.41, 5.74) is 2.23. The summed E-state index contributed by atoms with van der Waals surface area (Å²) in [4.78, 5) is 11.3. The Balaban J connectivity index is 2.33. The summed E-state index contributed by atoms with van der Waals surface area (Å²) >= 11 is 1.79. The van der Waals surface area contributed by atoms with Gasteiger partial charge in [-0.15, -0.1) is 11.8 Å². The van der Waals surface area contributed by atoms with E-state index in [1.165, 1.54) is 25.7 Å². The summed E-state index contributed by atoms with van der Waals surface area (Å²) < 4.78 is 0. The Morgan fingerprint density at radius 1 is 1.62 bits per heavy atom. The number of nitrogens with one attached hydrogen (secondary N) is 1. The third kappa shape index (κ3) is 3.19. The maximum Gasteiger partial charge on any atom is 0.246 e. The van der Waals surface area contributed by atoms with Crippen LogP contribution in [0.15, 0.2) is 0 Å². The number of rotatable bonds is 4. The maximum atomic E-state index is 11.3. The van der Waals surface area contributed by atoms with E-state index < -0.39 is 0 Å². The first kappa shape index (κ1) is 10.9. The molecule has 3 nitrogen and oxygen atoms in total. The van der Waals surface area contributed by atoms with Gasteiger partial charge in [0.2, 0.25) is 5.91 Å². The summed E-state index contributed by atoms with van der Waals surface area (Å²) in [5.74, 6) is 5.08. The zero-order chi connectivity index (χ0) is 9.68. The first-order valence-corrected chi connectivity index (χ1v) is 5.88. The molecule has 1 saturated carbocycles. The van der Waals surface area contributed by atoms with Gasteiger partial charge in [0, 0.05) is 5.25 Å². The summed E-state index contributed by atoms with van der Waals surface area (Å²) in [6.45, 7) is 2.03. The lowest BCUT2D eigenvalue weighted by Gasteiger charge is -2.16. The second kappa shape index (κ2) is 5.50. The van der Waals surface area contributed by atoms with Crippen molar-refractivity contribution in [2.24, 2.45) is 5.84 Å². The SMILES string of the molecule is CCC(SC1CCCC1)C(=O)NN. The molecule has 1 atom stereocenters. The van der Waals surface area contributed by atoms with Crippen molar-refractivity contribution in [3.8, 4) is 0 Å². The highest BCUT2D eigenvalue weighted by Gasteiger charge is 2.23. The van der Waals surface area contributed by atoms with E-state index in [0.717, 1.165) is 6.42 Å². The molecule has 0 aromatic carbocycles. The average molecular weight is 202 g/mol. The van der Waals surface area contributed by atoms with Gasteiger partial charge >= 0.3 is 0 Å². The quantitative estimate of drug-likeness (QED) is 0.412. The summed E-state index contributed by atoms with van der Waals surface area (Å²) in [6, 6.07) is 0. The van der Waals surface area contributed by atoms with Crippen LogP contribution in [0.4, 0.5) is 0 Å². The minimum absolute atomic E-state index is 0.0283. The van der Waals surface area contributed by atoms with Gasteiger partial charge in [0.25, 0.3) is 0 Å². The third-order valence-electron chi connectivity index (χ3n) is 2.46. The monoisotopic (exact) mass is 202 g/mol. The van der Waals surface area contributed by atoms with Crippen LogP contribution in [0.1, 0.15) is 39.0 Å². The van der Waals surface area contributed by atoms with E-state index in [1.807, 2.05) is 6.92 Å². The molecular formula is C9H18N2OS. The van der Waals surface area contributed by atoms with Crippen LogP contribution in [-0.4, -0.2) is 16.4 Å². The summed E-state index contributed by atoms with van der Waals surface area (Å²) in [5, 5.41) is 0.732. The topological polar surface area (TPSA) is 55.1 Å². The minimum Gasteiger partial charge on any atom is -0.293 e. The number of amides is 1. The van der Waals surface area contributed by atoms with Gasteiger partial charge in [-0.3, -0.25) is 10.2 Å². The predicted molar refractivity (Wildman–Crippen MR) is 56.3 cm³/mol. The summed E-state index contributed by atoms with van der Waals surface area (Å²) in [6.07, 6.45) is 6.03. The fourth-order valence-electron chi connectivity index (χ4n) is 1.69. The van der Waals surface area contributed by atoms with Gasteiger partial charge in [-0.2, -0.15) is 0 Å². The number of carbonyl (C=O) groups is 1. The Bertz CT molecular complexity index is 169. The molecular weight excluding hydrogens is 184 g/mol. The molecule has 0 heterocycles. The highest BCUT2D eigenvalue weighted by Crippen LogP contribution is 2.33. The Hall–Kier alpha value is -0.220. The van der Waals surface area contributed by atoms with Gasteiger partial charge < -0.3 is 0 Å². The van der Waals surface area contributed by atoms with Crippen LogP contribution in [0.3, 0.4) is 0 Å². The molecule has 0 radical (unpaired) electrons. The van der Waals surface area contributed by atoms with E-state index in [0.29, 0.717) is 5.25 Å². The molecule has 1 aliphatic carbocycles. The fourth-order valence-corrected chi connectivity index (χ4v) is 3.15. The van der Waals surface area contributed by atoms with Gasteiger partial charge in [0.15, 0.2) is 0 Å². The van der Waals surface area contributed by atoms with E-state index in [1.54, 1.807) is 11.8 Å². The van der Waals surface area contributed by atoms with Crippen molar-refractivity contribution in [1.82, 2.24) is 5.43 Å². The molecule has 0 aromatic rings. The van der Waals surface area contributed by atoms with E-state index in [2.05, 4.69) is 5.43 Å². The maximum absolute atomic E-state index is 11.3. The van der Waals surface area contributed by atoms with Crippen LogP contribution in [0.25, 0.3) is 0 Å². The van der Waals surface area contributed by atoms with E-state index in [-0.39, 0.29) is 11.2 Å². The molecule has 1 unspecified atom stereocenters. The normalized spacial score (nSPS) is 20.2. The third-order valence-corrected chi connectivity index (χ3v) is 4.20. The van der Waals surface area contributed by atoms with Gasteiger partial charge in [-0.1, -0.05) is 19.8 Å². The molecule has 76 valence electrons. The highest BCUT2D eigenvalue weighted by atomic mass is 32.2. The van der Waals surface area contributed by atoms with Gasteiger partial charge in [0.1, 0.15) is 0 Å². The second-order valence-corrected chi connectivity index (χ2v) is 4.96. The molecule has 0 aliphatic heterocycles. The van der Waals surface area contributed by atoms with Crippen LogP contribution >= 0.6 is 11.8 Å². The predicted octanol–water partition coefficient (Wildman–Crippen LogP) is 1.43. The van der Waals surface area contributed by atoms with Crippen molar-refractivity contribution in [1.29, 1.82) is 0 Å². The molecule has 4 heteroatoms. The second-order valence-electron chi connectivity index (χ2n) is 3.45. The molecule has 0 spiro atoms. The van der Waals surface area contributed by atoms with Crippen molar-refractivity contribution in [2.45, 2.75) is 49.5 Å². The van der Waals surface area contributed by atoms with Crippen molar-refractivity contribution >= 4 is 17.7 Å². The van der Waals surface area contributed by atoms with Crippen molar-refractivity contribution in [3.63, 3.8) is 0 Å². The molecule has 1 aliphatic rings. The van der Waals surface area contributed by atoms with Crippen LogP contribution < -0.4 is 11.3 Å². The Kier molecular flexibility index (Phi) is 4.59. The van der Waals surface area contributed by atoms with Crippen molar-refractivity contribution in [3.05, 3.63) is 0 Å². The molecule has 13 heavy (non-hydrogen) atoms. The van der Waals surface area contributed by atoms with Crippen LogP contribution in [0.5, 0.6) is 0 Å². The number of thioether (sulfide) groups is 1. The van der Waals surface area contributed by atoms with Gasteiger partial charge in [-0.25, -0.2) is 5.84 Å². The Labute approximate surface area is 83.8 Å². The first-order valence-electron chi connectivity index (χ1n) is 4.93. The molecule has 1 amide bonds. The molecule has 1 fully saturated rings. The Morgan fingerprint density at radius 3 is 2.69 bits per heavy atom. The number of hydrazine groups is 1. The average Bonchev–Trinajstić information content (AvgIpc) is 2.65. The van der Waals surface area contributed by atoms with Crippen molar-refractivity contribution in [2.75, 3.05) is 0 Å². The van der Waals surface area contributed by atoms with Gasteiger partial charge in [0.05, 0.1) is 5.25 Å². The van der Waals surface area contributed by atoms with E-state index >= 15 is 0 Å². The summed E-state index contributed by atoms with van der Waals surface area (Å²) in [7, 11) is 0. The van der Waals surface area contributed by atoms with Crippen LogP contribution in [0.2, 0.25) is 0 Å². The lowest BCUT2D eigenvalue weighted by molar-refractivity contribution is -0.120. The number of hydrogen-bond acceptors (Lipinski definition) is 3. The van der Waals surface area contributed by atoms with Crippen LogP contribution in [0, 0.1) is 0 Å². The van der Waals surface area contributed by atoms with Crippen LogP contribution in [-0.2, 0) is 4.79 Å². The standard InChI is InChI=1S/C9H18N2OS/c1-2-8(9(12)11-10)13-7-5-3-4-6-7/h7-8H,2-6,10H2,1H3,(H,11,12). The molecule has 0 aromatic heterocycles. The zero-order valence-electron chi connectivity index (χ0n) is 8.08. The van der Waals surface area contributed by atoms with E-state index in [4.69, 9.17) is 5.84 Å². The first-order chi connectivity index (χ1) is 6.27. The Morgan fingerprint density at radius 2 is 2.23 bits per heavy atom. The minimum atomic E-state index is -0.0283. The number of hydrogen-bond donors (Lipinski definition) is 2. The largest absolute Gasteiger partial charge is 0.293 e. The molecule has 0 bridgehead atoms. The smallest absolute Gasteiger partial charge is 0.246 e. The fraction of sp³-hybridized carbons (Fsp3) is 0.889. The molecule has 0 saturated heterocycles. The van der Waals surface area contributed by atoms with E-state index in [9.17, 15) is 4.79 Å². The van der Waals surface area contributed by atoms with Crippen molar-refractivity contribution < 1.29 is 4.79 Å². The highest BCUT2D eigenvalue weighted by molar-refractivity contribution is 8.01. The lowest BCUT2D eigenvalue weighted by Crippen LogP contribution is -2.38.